The van der Waals surface area contributed by atoms with Crippen molar-refractivity contribution in [3.8, 4) is 0 Å². The Morgan fingerprint density at radius 2 is 1.62 bits per heavy atom. The highest BCUT2D eigenvalue weighted by Gasteiger charge is 2.22. The summed E-state index contributed by atoms with van der Waals surface area (Å²) in [5, 5.41) is 0.615. The smallest absolute Gasteiger partial charge is 0.236 e. The summed E-state index contributed by atoms with van der Waals surface area (Å²) in [6, 6.07) is 12.9. The molecule has 0 bridgehead atoms. The normalized spacial score (nSPS) is 12.0. The highest BCUT2D eigenvalue weighted by Crippen LogP contribution is 2.28. The molecule has 0 fully saturated rings. The van der Waals surface area contributed by atoms with Crippen molar-refractivity contribution < 1.29 is 9.18 Å². The van der Waals surface area contributed by atoms with Crippen LogP contribution in [0, 0.1) is 5.82 Å². The van der Waals surface area contributed by atoms with Crippen molar-refractivity contribution in [3.05, 3.63) is 70.5 Å². The first-order chi connectivity index (χ1) is 10.0. The molecule has 0 saturated carbocycles. The monoisotopic (exact) mass is 306 g/mol. The first-order valence-corrected chi connectivity index (χ1v) is 6.87. The van der Waals surface area contributed by atoms with Gasteiger partial charge in [-0.2, -0.15) is 0 Å². The Morgan fingerprint density at radius 3 is 2.10 bits per heavy atom. The van der Waals surface area contributed by atoms with Crippen LogP contribution in [-0.4, -0.2) is 24.4 Å². The molecule has 1 atom stereocenters. The Hall–Kier alpha value is -1.91. The Bertz CT molecular complexity index is 568. The standard InChI is InChI=1S/C16H16ClFN2O/c1-20(15(21)10-19)16(11-2-6-13(17)7-3-11)12-4-8-14(18)9-5-12/h2-9,16H,10,19H2,1H3/t16-/m0/s1. The molecule has 5 heteroatoms. The fourth-order valence-corrected chi connectivity index (χ4v) is 2.34. The van der Waals surface area contributed by atoms with Gasteiger partial charge in [-0.15, -0.1) is 0 Å². The fraction of sp³-hybridized carbons (Fsp3) is 0.188. The largest absolute Gasteiger partial charge is 0.334 e. The molecular formula is C16H16ClFN2O. The van der Waals surface area contributed by atoms with Crippen molar-refractivity contribution in [3.63, 3.8) is 0 Å². The molecule has 0 aliphatic rings. The van der Waals surface area contributed by atoms with Crippen molar-refractivity contribution in [1.82, 2.24) is 4.90 Å². The molecule has 0 aliphatic heterocycles. The second-order valence-electron chi connectivity index (χ2n) is 4.71. The first-order valence-electron chi connectivity index (χ1n) is 6.49. The van der Waals surface area contributed by atoms with Crippen molar-refractivity contribution in [2.45, 2.75) is 6.04 Å². The maximum absolute atomic E-state index is 13.1. The van der Waals surface area contributed by atoms with E-state index in [1.165, 1.54) is 12.1 Å². The van der Waals surface area contributed by atoms with E-state index in [4.69, 9.17) is 17.3 Å². The molecule has 0 unspecified atom stereocenters. The summed E-state index contributed by atoms with van der Waals surface area (Å²) >= 11 is 5.90. The summed E-state index contributed by atoms with van der Waals surface area (Å²) in [5.74, 6) is -0.513. The maximum Gasteiger partial charge on any atom is 0.236 e. The fourth-order valence-electron chi connectivity index (χ4n) is 2.22. The number of halogens is 2. The van der Waals surface area contributed by atoms with Crippen molar-refractivity contribution in [2.24, 2.45) is 5.73 Å². The van der Waals surface area contributed by atoms with Gasteiger partial charge in [0.25, 0.3) is 0 Å². The lowest BCUT2D eigenvalue weighted by atomic mass is 9.97. The van der Waals surface area contributed by atoms with Crippen LogP contribution in [0.4, 0.5) is 4.39 Å². The van der Waals surface area contributed by atoms with Gasteiger partial charge in [0.2, 0.25) is 5.91 Å². The highest BCUT2D eigenvalue weighted by molar-refractivity contribution is 6.30. The molecular weight excluding hydrogens is 291 g/mol. The van der Waals surface area contributed by atoms with Crippen molar-refractivity contribution in [2.75, 3.05) is 13.6 Å². The van der Waals surface area contributed by atoms with Gasteiger partial charge in [0.1, 0.15) is 5.82 Å². The van der Waals surface area contributed by atoms with E-state index in [-0.39, 0.29) is 24.3 Å². The number of benzene rings is 2. The predicted octanol–water partition coefficient (Wildman–Crippen LogP) is 2.99. The predicted molar refractivity (Wildman–Crippen MR) is 81.5 cm³/mol. The summed E-state index contributed by atoms with van der Waals surface area (Å²) in [4.78, 5) is 13.5. The number of hydrogen-bond acceptors (Lipinski definition) is 2. The minimum Gasteiger partial charge on any atom is -0.334 e. The number of rotatable bonds is 4. The molecule has 0 saturated heterocycles. The van der Waals surface area contributed by atoms with Crippen LogP contribution in [0.5, 0.6) is 0 Å². The minimum atomic E-state index is -0.334. The Morgan fingerprint density at radius 1 is 1.14 bits per heavy atom. The average Bonchev–Trinajstić information content (AvgIpc) is 2.50. The van der Waals surface area contributed by atoms with E-state index in [2.05, 4.69) is 0 Å². The quantitative estimate of drug-likeness (QED) is 0.944. The first kappa shape index (κ1) is 15.5. The molecule has 110 valence electrons. The van der Waals surface area contributed by atoms with Crippen LogP contribution in [0.15, 0.2) is 48.5 Å². The molecule has 1 amide bonds. The third kappa shape index (κ3) is 3.60. The van der Waals surface area contributed by atoms with E-state index >= 15 is 0 Å². The number of carbonyl (C=O) groups is 1. The Kier molecular flexibility index (Phi) is 4.94. The second-order valence-corrected chi connectivity index (χ2v) is 5.15. The number of hydrogen-bond donors (Lipinski definition) is 1. The van der Waals surface area contributed by atoms with Crippen LogP contribution in [-0.2, 0) is 4.79 Å². The zero-order valence-electron chi connectivity index (χ0n) is 11.6. The summed E-state index contributed by atoms with van der Waals surface area (Å²) in [7, 11) is 1.68. The van der Waals surface area contributed by atoms with Crippen LogP contribution in [0.3, 0.4) is 0 Å². The lowest BCUT2D eigenvalue weighted by Gasteiger charge is -2.29. The molecule has 0 heterocycles. The van der Waals surface area contributed by atoms with E-state index < -0.39 is 0 Å². The van der Waals surface area contributed by atoms with Gasteiger partial charge < -0.3 is 10.6 Å². The molecule has 0 aliphatic carbocycles. The van der Waals surface area contributed by atoms with Crippen LogP contribution >= 0.6 is 11.6 Å². The van der Waals surface area contributed by atoms with Crippen molar-refractivity contribution in [1.29, 1.82) is 0 Å². The summed E-state index contributed by atoms with van der Waals surface area (Å²) in [6.45, 7) is -0.0816. The highest BCUT2D eigenvalue weighted by atomic mass is 35.5. The van der Waals surface area contributed by atoms with E-state index in [1.807, 2.05) is 12.1 Å². The molecule has 0 radical (unpaired) electrons. The SMILES string of the molecule is CN(C(=O)CN)[C@H](c1ccc(F)cc1)c1ccc(Cl)cc1. The molecule has 0 aromatic heterocycles. The second kappa shape index (κ2) is 6.70. The van der Waals surface area contributed by atoms with E-state index in [0.29, 0.717) is 5.02 Å². The molecule has 2 aromatic rings. The summed E-state index contributed by atoms with van der Waals surface area (Å²) < 4.78 is 13.1. The van der Waals surface area contributed by atoms with Gasteiger partial charge in [-0.05, 0) is 35.4 Å². The summed E-state index contributed by atoms with van der Waals surface area (Å²) in [5.41, 5.74) is 7.14. The number of nitrogens with zero attached hydrogens (tertiary/aromatic N) is 1. The third-order valence-corrected chi connectivity index (χ3v) is 3.58. The van der Waals surface area contributed by atoms with Gasteiger partial charge >= 0.3 is 0 Å². The maximum atomic E-state index is 13.1. The number of carbonyl (C=O) groups excluding carboxylic acids is 1. The topological polar surface area (TPSA) is 46.3 Å². The van der Waals surface area contributed by atoms with Gasteiger partial charge in [-0.25, -0.2) is 4.39 Å². The zero-order valence-corrected chi connectivity index (χ0v) is 12.3. The van der Waals surface area contributed by atoms with Gasteiger partial charge in [0, 0.05) is 12.1 Å². The lowest BCUT2D eigenvalue weighted by molar-refractivity contribution is -0.129. The van der Waals surface area contributed by atoms with Crippen LogP contribution in [0.1, 0.15) is 17.2 Å². The molecule has 21 heavy (non-hydrogen) atoms. The summed E-state index contributed by atoms with van der Waals surface area (Å²) in [6.07, 6.45) is 0. The van der Waals surface area contributed by atoms with E-state index in [0.717, 1.165) is 11.1 Å². The molecule has 2 aromatic carbocycles. The van der Waals surface area contributed by atoms with Crippen LogP contribution in [0.2, 0.25) is 5.02 Å². The number of amides is 1. The van der Waals surface area contributed by atoms with Gasteiger partial charge in [0.15, 0.2) is 0 Å². The van der Waals surface area contributed by atoms with E-state index in [1.54, 1.807) is 36.2 Å². The van der Waals surface area contributed by atoms with Gasteiger partial charge in [-0.3, -0.25) is 4.79 Å². The van der Waals surface area contributed by atoms with E-state index in [9.17, 15) is 9.18 Å². The third-order valence-electron chi connectivity index (χ3n) is 3.33. The molecule has 2 rings (SSSR count). The van der Waals surface area contributed by atoms with Crippen LogP contribution < -0.4 is 5.73 Å². The number of nitrogens with two attached hydrogens (primary N) is 1. The van der Waals surface area contributed by atoms with Crippen LogP contribution in [0.25, 0.3) is 0 Å². The lowest BCUT2D eigenvalue weighted by Crippen LogP contribution is -2.36. The Balaban J connectivity index is 2.45. The molecule has 0 spiro atoms. The zero-order chi connectivity index (χ0) is 15.4. The number of likely N-dealkylation sites (N-methyl/N-ethyl adjacent to an activating group) is 1. The minimum absolute atomic E-state index is 0.0816. The average molecular weight is 307 g/mol. The Labute approximate surface area is 128 Å². The van der Waals surface area contributed by atoms with Gasteiger partial charge in [-0.1, -0.05) is 35.9 Å². The van der Waals surface area contributed by atoms with Crippen molar-refractivity contribution >= 4 is 17.5 Å². The molecule has 2 N–H and O–H groups in total. The molecule has 3 nitrogen and oxygen atoms in total. The van der Waals surface area contributed by atoms with Gasteiger partial charge in [0.05, 0.1) is 12.6 Å².